The number of aromatic nitrogens is 1. The molecule has 14 heavy (non-hydrogen) atoms. The van der Waals surface area contributed by atoms with Gasteiger partial charge in [0.25, 0.3) is 0 Å². The summed E-state index contributed by atoms with van der Waals surface area (Å²) in [4.78, 5) is 1.31. The number of halogens is 1. The summed E-state index contributed by atoms with van der Waals surface area (Å²) in [6.45, 7) is 1.61. The van der Waals surface area contributed by atoms with Gasteiger partial charge in [0.1, 0.15) is 6.26 Å². The van der Waals surface area contributed by atoms with Gasteiger partial charge in [-0.1, -0.05) is 5.16 Å². The quantitative estimate of drug-likeness (QED) is 0.930. The van der Waals surface area contributed by atoms with Gasteiger partial charge >= 0.3 is 0 Å². The summed E-state index contributed by atoms with van der Waals surface area (Å²) >= 11 is 5.16. The molecule has 0 saturated carbocycles. The minimum absolute atomic E-state index is 0.742. The van der Waals surface area contributed by atoms with E-state index in [4.69, 9.17) is 4.52 Å². The monoisotopic (exact) mass is 272 g/mol. The highest BCUT2D eigenvalue weighted by molar-refractivity contribution is 9.11. The molecule has 74 valence electrons. The summed E-state index contributed by atoms with van der Waals surface area (Å²) in [5, 5.41) is 7.09. The van der Waals surface area contributed by atoms with Crippen LogP contribution in [0.2, 0.25) is 0 Å². The van der Waals surface area contributed by atoms with Crippen molar-refractivity contribution in [3.05, 3.63) is 38.8 Å². The molecule has 0 fully saturated rings. The van der Waals surface area contributed by atoms with Crippen molar-refractivity contribution in [2.45, 2.75) is 13.1 Å². The zero-order chi connectivity index (χ0) is 9.80. The molecule has 0 bridgehead atoms. The standard InChI is InChI=1S/C9H9BrN2OS/c10-9-2-1-8(14-9)6-11-5-7-3-4-13-12-7/h1-4,11H,5-6H2. The number of rotatable bonds is 4. The summed E-state index contributed by atoms with van der Waals surface area (Å²) in [6.07, 6.45) is 1.58. The Balaban J connectivity index is 1.78. The first kappa shape index (κ1) is 9.89. The summed E-state index contributed by atoms with van der Waals surface area (Å²) in [7, 11) is 0. The fourth-order valence-corrected chi connectivity index (χ4v) is 2.54. The van der Waals surface area contributed by atoms with Crippen LogP contribution in [0.1, 0.15) is 10.6 Å². The second-order valence-corrected chi connectivity index (χ2v) is 5.35. The lowest BCUT2D eigenvalue weighted by Gasteiger charge is -1.98. The third-order valence-corrected chi connectivity index (χ3v) is 3.35. The molecule has 0 saturated heterocycles. The van der Waals surface area contributed by atoms with E-state index in [2.05, 4.69) is 38.5 Å². The number of hydrogen-bond donors (Lipinski definition) is 1. The van der Waals surface area contributed by atoms with Gasteiger partial charge in [-0.05, 0) is 28.1 Å². The molecule has 3 nitrogen and oxygen atoms in total. The highest BCUT2D eigenvalue weighted by atomic mass is 79.9. The van der Waals surface area contributed by atoms with Crippen LogP contribution < -0.4 is 5.32 Å². The second kappa shape index (κ2) is 4.72. The van der Waals surface area contributed by atoms with E-state index in [-0.39, 0.29) is 0 Å². The first-order chi connectivity index (χ1) is 6.84. The summed E-state index contributed by atoms with van der Waals surface area (Å²) in [5.41, 5.74) is 0.931. The Hall–Kier alpha value is -0.650. The van der Waals surface area contributed by atoms with Crippen molar-refractivity contribution >= 4 is 27.3 Å². The molecule has 2 rings (SSSR count). The maximum atomic E-state index is 4.73. The Morgan fingerprint density at radius 2 is 2.29 bits per heavy atom. The Morgan fingerprint density at radius 3 is 2.93 bits per heavy atom. The van der Waals surface area contributed by atoms with Crippen molar-refractivity contribution in [1.82, 2.24) is 10.5 Å². The van der Waals surface area contributed by atoms with Crippen molar-refractivity contribution in [3.63, 3.8) is 0 Å². The van der Waals surface area contributed by atoms with Crippen LogP contribution in [0.3, 0.4) is 0 Å². The van der Waals surface area contributed by atoms with Crippen molar-refractivity contribution in [2.24, 2.45) is 0 Å². The first-order valence-electron chi connectivity index (χ1n) is 4.19. The van der Waals surface area contributed by atoms with Crippen molar-refractivity contribution < 1.29 is 4.52 Å². The zero-order valence-corrected chi connectivity index (χ0v) is 9.77. The van der Waals surface area contributed by atoms with Crippen LogP contribution >= 0.6 is 27.3 Å². The third-order valence-electron chi connectivity index (χ3n) is 1.73. The van der Waals surface area contributed by atoms with Gasteiger partial charge in [0.05, 0.1) is 9.48 Å². The molecule has 0 aliphatic carbocycles. The van der Waals surface area contributed by atoms with Gasteiger partial charge in [-0.2, -0.15) is 0 Å². The van der Waals surface area contributed by atoms with Crippen LogP contribution in [0.5, 0.6) is 0 Å². The molecule has 2 heterocycles. The van der Waals surface area contributed by atoms with Crippen LogP contribution in [0.15, 0.2) is 32.8 Å². The minimum atomic E-state index is 0.742. The average molecular weight is 273 g/mol. The van der Waals surface area contributed by atoms with E-state index in [9.17, 15) is 0 Å². The lowest BCUT2D eigenvalue weighted by atomic mass is 10.4. The van der Waals surface area contributed by atoms with Gasteiger partial charge in [0.15, 0.2) is 0 Å². The van der Waals surface area contributed by atoms with Crippen LogP contribution in [-0.2, 0) is 13.1 Å². The molecular weight excluding hydrogens is 264 g/mol. The second-order valence-electron chi connectivity index (χ2n) is 2.80. The van der Waals surface area contributed by atoms with Crippen molar-refractivity contribution in [3.8, 4) is 0 Å². The summed E-state index contributed by atoms with van der Waals surface area (Å²) in [6, 6.07) is 6.01. The third kappa shape index (κ3) is 2.67. The fraction of sp³-hybridized carbons (Fsp3) is 0.222. The van der Waals surface area contributed by atoms with E-state index < -0.39 is 0 Å². The molecule has 5 heteroatoms. The Labute approximate surface area is 94.2 Å². The van der Waals surface area contributed by atoms with E-state index in [1.165, 1.54) is 4.88 Å². The molecule has 0 spiro atoms. The summed E-state index contributed by atoms with van der Waals surface area (Å²) < 4.78 is 5.89. The van der Waals surface area contributed by atoms with Crippen LogP contribution in [0, 0.1) is 0 Å². The van der Waals surface area contributed by atoms with Gasteiger partial charge in [0.2, 0.25) is 0 Å². The first-order valence-corrected chi connectivity index (χ1v) is 5.80. The maximum absolute atomic E-state index is 4.73. The fourth-order valence-electron chi connectivity index (χ4n) is 1.09. The minimum Gasteiger partial charge on any atom is -0.364 e. The van der Waals surface area contributed by atoms with Gasteiger partial charge < -0.3 is 9.84 Å². The molecule has 0 aliphatic rings. The lowest BCUT2D eigenvalue weighted by Crippen LogP contribution is -2.11. The topological polar surface area (TPSA) is 38.1 Å². The predicted octanol–water partition coefficient (Wildman–Crippen LogP) is 2.79. The number of nitrogens with one attached hydrogen (secondary N) is 1. The Bertz CT molecular complexity index is 385. The highest BCUT2D eigenvalue weighted by Crippen LogP contribution is 2.21. The number of thiophene rings is 1. The largest absolute Gasteiger partial charge is 0.364 e. The van der Waals surface area contributed by atoms with E-state index in [0.29, 0.717) is 0 Å². The van der Waals surface area contributed by atoms with Crippen LogP contribution in [-0.4, -0.2) is 5.16 Å². The molecule has 2 aromatic rings. The molecule has 2 aromatic heterocycles. The smallest absolute Gasteiger partial charge is 0.124 e. The Morgan fingerprint density at radius 1 is 1.36 bits per heavy atom. The molecule has 0 unspecified atom stereocenters. The van der Waals surface area contributed by atoms with E-state index in [1.54, 1.807) is 17.6 Å². The number of hydrogen-bond acceptors (Lipinski definition) is 4. The maximum Gasteiger partial charge on any atom is 0.124 e. The molecule has 0 atom stereocenters. The molecule has 1 N–H and O–H groups in total. The zero-order valence-electron chi connectivity index (χ0n) is 7.37. The number of nitrogens with zero attached hydrogens (tertiary/aromatic N) is 1. The van der Waals surface area contributed by atoms with E-state index >= 15 is 0 Å². The lowest BCUT2D eigenvalue weighted by molar-refractivity contribution is 0.408. The molecule has 0 radical (unpaired) electrons. The van der Waals surface area contributed by atoms with Crippen LogP contribution in [0.25, 0.3) is 0 Å². The average Bonchev–Trinajstić information content (AvgIpc) is 2.77. The van der Waals surface area contributed by atoms with Gasteiger partial charge in [0, 0.05) is 24.0 Å². The van der Waals surface area contributed by atoms with E-state index in [0.717, 1.165) is 22.6 Å². The van der Waals surface area contributed by atoms with E-state index in [1.807, 2.05) is 6.07 Å². The molecule has 0 aromatic carbocycles. The SMILES string of the molecule is Brc1ccc(CNCc2ccon2)s1. The van der Waals surface area contributed by atoms with Gasteiger partial charge in [-0.25, -0.2) is 0 Å². The molecule has 0 amide bonds. The Kier molecular flexibility index (Phi) is 3.34. The van der Waals surface area contributed by atoms with Gasteiger partial charge in [-0.3, -0.25) is 0 Å². The van der Waals surface area contributed by atoms with Crippen LogP contribution in [0.4, 0.5) is 0 Å². The highest BCUT2D eigenvalue weighted by Gasteiger charge is 1.98. The van der Waals surface area contributed by atoms with Crippen molar-refractivity contribution in [1.29, 1.82) is 0 Å². The summed E-state index contributed by atoms with van der Waals surface area (Å²) in [5.74, 6) is 0. The predicted molar refractivity (Wildman–Crippen MR) is 59.1 cm³/mol. The van der Waals surface area contributed by atoms with Crippen molar-refractivity contribution in [2.75, 3.05) is 0 Å². The molecular formula is C9H9BrN2OS. The molecule has 0 aliphatic heterocycles. The normalized spacial score (nSPS) is 10.6. The van der Waals surface area contributed by atoms with Gasteiger partial charge in [-0.15, -0.1) is 11.3 Å².